The van der Waals surface area contributed by atoms with Crippen LogP contribution in [0.25, 0.3) is 0 Å². The Morgan fingerprint density at radius 1 is 1.62 bits per heavy atom. The van der Waals surface area contributed by atoms with Crippen molar-refractivity contribution in [2.45, 2.75) is 6.92 Å². The highest BCUT2D eigenvalue weighted by atomic mass is 35.5. The van der Waals surface area contributed by atoms with Gasteiger partial charge in [0, 0.05) is 17.3 Å². The fraction of sp³-hybridized carbons (Fsp3) is 0.222. The molecule has 13 heavy (non-hydrogen) atoms. The minimum Gasteiger partial charge on any atom is -0.349 e. The first-order chi connectivity index (χ1) is 6.13. The summed E-state index contributed by atoms with van der Waals surface area (Å²) in [4.78, 5) is 0.630. The van der Waals surface area contributed by atoms with Crippen LogP contribution in [0.2, 0.25) is 5.02 Å². The van der Waals surface area contributed by atoms with Gasteiger partial charge in [0.1, 0.15) is 0 Å². The number of nitrogens with two attached hydrogens (primary N) is 1. The molecule has 1 aromatic carbocycles. The molecule has 4 heteroatoms. The Kier molecular flexibility index (Phi) is 3.66. The second-order valence-electron chi connectivity index (χ2n) is 2.71. The first-order valence-electron chi connectivity index (χ1n) is 3.89. The van der Waals surface area contributed by atoms with Gasteiger partial charge < -0.3 is 11.1 Å². The average molecular weight is 215 g/mol. The number of nitrogens with one attached hydrogen (secondary N) is 1. The van der Waals surface area contributed by atoms with Crippen molar-refractivity contribution in [1.29, 1.82) is 0 Å². The van der Waals surface area contributed by atoms with Crippen molar-refractivity contribution >= 4 is 34.5 Å². The zero-order chi connectivity index (χ0) is 9.84. The number of aryl methyl sites for hydroxylation is 1. The van der Waals surface area contributed by atoms with Crippen LogP contribution in [-0.2, 0) is 0 Å². The van der Waals surface area contributed by atoms with Crippen molar-refractivity contribution in [2.75, 3.05) is 11.9 Å². The monoisotopic (exact) mass is 214 g/mol. The average Bonchev–Trinajstić information content (AvgIpc) is 2.09. The number of benzene rings is 1. The first-order valence-corrected chi connectivity index (χ1v) is 4.68. The van der Waals surface area contributed by atoms with E-state index in [4.69, 9.17) is 29.6 Å². The van der Waals surface area contributed by atoms with Gasteiger partial charge in [0.05, 0.1) is 4.99 Å². The van der Waals surface area contributed by atoms with Crippen LogP contribution in [0, 0.1) is 6.92 Å². The lowest BCUT2D eigenvalue weighted by molar-refractivity contribution is 1.32. The van der Waals surface area contributed by atoms with Crippen LogP contribution < -0.4 is 11.1 Å². The molecule has 0 unspecified atom stereocenters. The lowest BCUT2D eigenvalue weighted by Crippen LogP contribution is -2.20. The third-order valence-corrected chi connectivity index (χ3v) is 2.15. The van der Waals surface area contributed by atoms with Gasteiger partial charge in [0.25, 0.3) is 0 Å². The van der Waals surface area contributed by atoms with Crippen LogP contribution in [0.5, 0.6) is 0 Å². The summed E-state index contributed by atoms with van der Waals surface area (Å²) in [5.74, 6) is 0. The van der Waals surface area contributed by atoms with Gasteiger partial charge in [-0.15, -0.1) is 0 Å². The molecule has 0 atom stereocenters. The van der Waals surface area contributed by atoms with E-state index >= 15 is 0 Å². The summed E-state index contributed by atoms with van der Waals surface area (Å²) in [6.45, 7) is 2.32. The van der Waals surface area contributed by atoms with E-state index in [1.54, 1.807) is 0 Å². The molecular formula is C9H11ClN2S. The van der Waals surface area contributed by atoms with Gasteiger partial charge in [-0.2, -0.15) is 0 Å². The summed E-state index contributed by atoms with van der Waals surface area (Å²) in [6.07, 6.45) is 0. The summed E-state index contributed by atoms with van der Waals surface area (Å²) in [5.41, 5.74) is 7.39. The predicted molar refractivity (Wildman–Crippen MR) is 61.5 cm³/mol. The number of hydrogen-bond acceptors (Lipinski definition) is 2. The second-order valence-corrected chi connectivity index (χ2v) is 3.64. The summed E-state index contributed by atoms with van der Waals surface area (Å²) in [5, 5.41) is 3.76. The van der Waals surface area contributed by atoms with E-state index in [-0.39, 0.29) is 0 Å². The van der Waals surface area contributed by atoms with Gasteiger partial charge >= 0.3 is 0 Å². The minimum absolute atomic E-state index is 0.359. The van der Waals surface area contributed by atoms with Crippen LogP contribution in [0.15, 0.2) is 18.2 Å². The van der Waals surface area contributed by atoms with Crippen LogP contribution in [0.3, 0.4) is 0 Å². The van der Waals surface area contributed by atoms with E-state index < -0.39 is 0 Å². The topological polar surface area (TPSA) is 38.0 Å². The predicted octanol–water partition coefficient (Wildman–Crippen LogP) is 2.35. The number of anilines is 1. The van der Waals surface area contributed by atoms with E-state index in [0.29, 0.717) is 11.5 Å². The van der Waals surface area contributed by atoms with Crippen LogP contribution >= 0.6 is 23.8 Å². The van der Waals surface area contributed by atoms with Crippen molar-refractivity contribution in [3.63, 3.8) is 0 Å². The molecular weight excluding hydrogens is 204 g/mol. The molecule has 0 aliphatic rings. The number of thiocarbonyl (C=S) groups is 1. The molecule has 0 aromatic heterocycles. The molecule has 3 N–H and O–H groups in total. The third kappa shape index (κ3) is 2.95. The Bertz CT molecular complexity index is 325. The molecule has 0 aliphatic carbocycles. The minimum atomic E-state index is 0.359. The molecule has 0 fully saturated rings. The van der Waals surface area contributed by atoms with Gasteiger partial charge in [-0.25, -0.2) is 0 Å². The fourth-order valence-electron chi connectivity index (χ4n) is 0.969. The Hall–Kier alpha value is -0.640. The lowest BCUT2D eigenvalue weighted by Gasteiger charge is -2.08. The molecule has 0 heterocycles. The van der Waals surface area contributed by atoms with Gasteiger partial charge in [0.2, 0.25) is 0 Å². The standard InChI is InChI=1S/C9H11ClN2S/c1-6-4-7(10)2-3-8(6)12-9(13)5-11/h2-4H,5,11H2,1H3,(H,12,13). The van der Waals surface area contributed by atoms with Crippen molar-refractivity contribution < 1.29 is 0 Å². The molecule has 0 aliphatic heterocycles. The lowest BCUT2D eigenvalue weighted by atomic mass is 10.2. The Labute approximate surface area is 88.1 Å². The number of halogens is 1. The van der Waals surface area contributed by atoms with Crippen LogP contribution in [0.1, 0.15) is 5.56 Å². The Morgan fingerprint density at radius 3 is 2.85 bits per heavy atom. The Morgan fingerprint density at radius 2 is 2.31 bits per heavy atom. The molecule has 1 rings (SSSR count). The first kappa shape index (κ1) is 10.4. The highest BCUT2D eigenvalue weighted by molar-refractivity contribution is 7.80. The largest absolute Gasteiger partial charge is 0.349 e. The zero-order valence-electron chi connectivity index (χ0n) is 7.30. The summed E-state index contributed by atoms with van der Waals surface area (Å²) < 4.78 is 0. The SMILES string of the molecule is Cc1cc(Cl)ccc1NC(=S)CN. The quantitative estimate of drug-likeness (QED) is 0.743. The zero-order valence-corrected chi connectivity index (χ0v) is 8.88. The van der Waals surface area contributed by atoms with Gasteiger partial charge in [-0.1, -0.05) is 23.8 Å². The maximum absolute atomic E-state index is 5.80. The van der Waals surface area contributed by atoms with Crippen molar-refractivity contribution in [1.82, 2.24) is 0 Å². The molecule has 0 amide bonds. The van der Waals surface area contributed by atoms with Crippen molar-refractivity contribution in [2.24, 2.45) is 5.73 Å². The summed E-state index contributed by atoms with van der Waals surface area (Å²) in [7, 11) is 0. The molecule has 70 valence electrons. The van der Waals surface area contributed by atoms with E-state index in [1.807, 2.05) is 25.1 Å². The highest BCUT2D eigenvalue weighted by Gasteiger charge is 1.99. The van der Waals surface area contributed by atoms with E-state index in [0.717, 1.165) is 16.3 Å². The van der Waals surface area contributed by atoms with Crippen molar-refractivity contribution in [3.05, 3.63) is 28.8 Å². The van der Waals surface area contributed by atoms with Crippen LogP contribution in [0.4, 0.5) is 5.69 Å². The van der Waals surface area contributed by atoms with Gasteiger partial charge in [-0.05, 0) is 30.7 Å². The smallest absolute Gasteiger partial charge is 0.0935 e. The maximum atomic E-state index is 5.80. The van der Waals surface area contributed by atoms with Gasteiger partial charge in [-0.3, -0.25) is 0 Å². The highest BCUT2D eigenvalue weighted by Crippen LogP contribution is 2.19. The molecule has 0 spiro atoms. The molecule has 2 nitrogen and oxygen atoms in total. The third-order valence-electron chi connectivity index (χ3n) is 1.65. The number of rotatable bonds is 2. The second kappa shape index (κ2) is 4.56. The fourth-order valence-corrected chi connectivity index (χ4v) is 1.31. The van der Waals surface area contributed by atoms with E-state index in [2.05, 4.69) is 5.32 Å². The normalized spacial score (nSPS) is 9.77. The van der Waals surface area contributed by atoms with Crippen LogP contribution in [-0.4, -0.2) is 11.5 Å². The Balaban J connectivity index is 2.83. The van der Waals surface area contributed by atoms with Crippen molar-refractivity contribution in [3.8, 4) is 0 Å². The maximum Gasteiger partial charge on any atom is 0.0935 e. The molecule has 1 aromatic rings. The molecule has 0 radical (unpaired) electrons. The summed E-state index contributed by atoms with van der Waals surface area (Å²) >= 11 is 10.8. The summed E-state index contributed by atoms with van der Waals surface area (Å²) in [6, 6.07) is 5.58. The van der Waals surface area contributed by atoms with E-state index in [1.165, 1.54) is 0 Å². The molecule has 0 saturated carbocycles. The number of hydrogen-bond donors (Lipinski definition) is 2. The molecule has 0 bridgehead atoms. The molecule has 0 saturated heterocycles. The van der Waals surface area contributed by atoms with Gasteiger partial charge in [0.15, 0.2) is 0 Å². The van der Waals surface area contributed by atoms with E-state index in [9.17, 15) is 0 Å².